The van der Waals surface area contributed by atoms with Crippen LogP contribution in [0.4, 0.5) is 0 Å². The molecule has 3 aromatic rings. The number of furan rings is 1. The van der Waals surface area contributed by atoms with Crippen LogP contribution in [-0.2, 0) is 12.1 Å². The van der Waals surface area contributed by atoms with Crippen LogP contribution in [0.2, 0.25) is 0 Å². The molecule has 0 aliphatic rings. The fraction of sp³-hybridized carbons (Fsp3) is 0.375. The molecule has 3 aromatic heterocycles. The molecular formula is C16H20N4O2. The quantitative estimate of drug-likeness (QED) is 0.753. The van der Waals surface area contributed by atoms with E-state index >= 15 is 0 Å². The highest BCUT2D eigenvalue weighted by Gasteiger charge is 2.27. The van der Waals surface area contributed by atoms with Crippen LogP contribution in [-0.4, -0.2) is 26.0 Å². The molecule has 0 amide bonds. The highest BCUT2D eigenvalue weighted by atomic mass is 16.3. The lowest BCUT2D eigenvalue weighted by Gasteiger charge is -2.23. The molecule has 1 atom stereocenters. The van der Waals surface area contributed by atoms with Crippen LogP contribution in [0.3, 0.4) is 0 Å². The van der Waals surface area contributed by atoms with Gasteiger partial charge in [0.25, 0.3) is 0 Å². The van der Waals surface area contributed by atoms with Crippen LogP contribution < -0.4 is 5.32 Å². The Kier molecular flexibility index (Phi) is 3.72. The minimum absolute atomic E-state index is 0.422. The normalized spacial score (nSPS) is 14.4. The van der Waals surface area contributed by atoms with Crippen LogP contribution in [0.25, 0.3) is 5.65 Å². The molecule has 1 unspecified atom stereocenters. The van der Waals surface area contributed by atoms with Crippen LogP contribution in [0.1, 0.15) is 29.7 Å². The number of hydrogen-bond donors (Lipinski definition) is 2. The minimum Gasteiger partial charge on any atom is -0.466 e. The van der Waals surface area contributed by atoms with E-state index in [-0.39, 0.29) is 0 Å². The second kappa shape index (κ2) is 5.55. The summed E-state index contributed by atoms with van der Waals surface area (Å²) in [6.07, 6.45) is 7.14. The smallest absolute Gasteiger partial charge is 0.155 e. The molecule has 6 heteroatoms. The summed E-state index contributed by atoms with van der Waals surface area (Å²) in [7, 11) is 0. The summed E-state index contributed by atoms with van der Waals surface area (Å²) in [6.45, 7) is 6.57. The van der Waals surface area contributed by atoms with Gasteiger partial charge in [0.15, 0.2) is 5.65 Å². The molecule has 0 aromatic carbocycles. The molecule has 0 spiro atoms. The van der Waals surface area contributed by atoms with E-state index in [9.17, 15) is 5.11 Å². The maximum absolute atomic E-state index is 10.7. The molecule has 22 heavy (non-hydrogen) atoms. The van der Waals surface area contributed by atoms with Gasteiger partial charge in [-0.05, 0) is 26.8 Å². The van der Waals surface area contributed by atoms with Crippen LogP contribution in [0, 0.1) is 13.8 Å². The summed E-state index contributed by atoms with van der Waals surface area (Å²) in [5.74, 6) is 1.56. The second-order valence-electron chi connectivity index (χ2n) is 5.76. The Morgan fingerprint density at radius 1 is 1.36 bits per heavy atom. The van der Waals surface area contributed by atoms with Crippen molar-refractivity contribution in [3.8, 4) is 0 Å². The van der Waals surface area contributed by atoms with Crippen molar-refractivity contribution < 1.29 is 9.52 Å². The minimum atomic E-state index is -0.982. The molecule has 0 radical (unpaired) electrons. The monoisotopic (exact) mass is 300 g/mol. The van der Waals surface area contributed by atoms with Crippen LogP contribution in [0.15, 0.2) is 35.3 Å². The number of imidazole rings is 1. The van der Waals surface area contributed by atoms with E-state index in [4.69, 9.17) is 4.42 Å². The Labute approximate surface area is 128 Å². The first-order valence-electron chi connectivity index (χ1n) is 7.24. The van der Waals surface area contributed by atoms with Gasteiger partial charge in [0.1, 0.15) is 17.1 Å². The zero-order chi connectivity index (χ0) is 15.7. The summed E-state index contributed by atoms with van der Waals surface area (Å²) in [5.41, 5.74) is 1.67. The molecular weight excluding hydrogens is 280 g/mol. The van der Waals surface area contributed by atoms with Crippen molar-refractivity contribution >= 4 is 5.65 Å². The van der Waals surface area contributed by atoms with Gasteiger partial charge in [-0.25, -0.2) is 4.98 Å². The van der Waals surface area contributed by atoms with Crippen molar-refractivity contribution in [2.45, 2.75) is 32.9 Å². The number of rotatable bonds is 5. The standard InChI is InChI=1S/C16H20N4O2/c1-11-6-14(12(2)22-11)16(3,21)10-18-7-13-8-19-15-9-17-4-5-20(13)15/h4-6,8-9,18,21H,7,10H2,1-3H3. The molecule has 0 aliphatic heterocycles. The van der Waals surface area contributed by atoms with Gasteiger partial charge in [-0.15, -0.1) is 0 Å². The zero-order valence-corrected chi connectivity index (χ0v) is 13.0. The third-order valence-corrected chi connectivity index (χ3v) is 3.79. The maximum Gasteiger partial charge on any atom is 0.155 e. The zero-order valence-electron chi connectivity index (χ0n) is 13.0. The van der Waals surface area contributed by atoms with Crippen molar-refractivity contribution in [3.05, 3.63) is 53.6 Å². The predicted octanol–water partition coefficient (Wildman–Crippen LogP) is 1.94. The first-order valence-corrected chi connectivity index (χ1v) is 7.24. The highest BCUT2D eigenvalue weighted by Crippen LogP contribution is 2.26. The molecule has 116 valence electrons. The number of hydrogen-bond acceptors (Lipinski definition) is 5. The maximum atomic E-state index is 10.7. The lowest BCUT2D eigenvalue weighted by atomic mass is 9.96. The van der Waals surface area contributed by atoms with E-state index in [0.29, 0.717) is 13.1 Å². The van der Waals surface area contributed by atoms with E-state index < -0.39 is 5.60 Å². The lowest BCUT2D eigenvalue weighted by Crippen LogP contribution is -2.35. The molecule has 0 saturated carbocycles. The van der Waals surface area contributed by atoms with Crippen molar-refractivity contribution in [2.75, 3.05) is 6.54 Å². The number of aliphatic hydroxyl groups is 1. The van der Waals surface area contributed by atoms with E-state index in [1.54, 1.807) is 19.3 Å². The van der Waals surface area contributed by atoms with Gasteiger partial charge in [0.05, 0.1) is 18.1 Å². The SMILES string of the molecule is Cc1cc(C(C)(O)CNCc2cnc3cnccn23)c(C)o1. The van der Waals surface area contributed by atoms with Crippen molar-refractivity contribution in [3.63, 3.8) is 0 Å². The number of aromatic nitrogens is 3. The molecule has 3 heterocycles. The van der Waals surface area contributed by atoms with Gasteiger partial charge in [0, 0.05) is 31.0 Å². The largest absolute Gasteiger partial charge is 0.466 e. The molecule has 6 nitrogen and oxygen atoms in total. The summed E-state index contributed by atoms with van der Waals surface area (Å²) in [5, 5.41) is 13.9. The van der Waals surface area contributed by atoms with E-state index in [2.05, 4.69) is 15.3 Å². The van der Waals surface area contributed by atoms with Gasteiger partial charge < -0.3 is 14.8 Å². The third kappa shape index (κ3) is 2.75. The summed E-state index contributed by atoms with van der Waals surface area (Å²) >= 11 is 0. The molecule has 2 N–H and O–H groups in total. The Hall–Kier alpha value is -2.18. The highest BCUT2D eigenvalue weighted by molar-refractivity contribution is 5.36. The molecule has 0 fully saturated rings. The Morgan fingerprint density at radius 3 is 2.91 bits per heavy atom. The number of nitrogens with zero attached hydrogens (tertiary/aromatic N) is 3. The predicted molar refractivity (Wildman–Crippen MR) is 82.4 cm³/mol. The number of nitrogens with one attached hydrogen (secondary N) is 1. The summed E-state index contributed by atoms with van der Waals surface area (Å²) in [4.78, 5) is 8.34. The molecule has 0 bridgehead atoms. The molecule has 0 saturated heterocycles. The third-order valence-electron chi connectivity index (χ3n) is 3.79. The Bertz CT molecular complexity index is 788. The van der Waals surface area contributed by atoms with Gasteiger partial charge >= 0.3 is 0 Å². The lowest BCUT2D eigenvalue weighted by molar-refractivity contribution is 0.0551. The van der Waals surface area contributed by atoms with E-state index in [0.717, 1.165) is 28.4 Å². The second-order valence-corrected chi connectivity index (χ2v) is 5.76. The topological polar surface area (TPSA) is 75.6 Å². The Balaban J connectivity index is 1.68. The average molecular weight is 300 g/mol. The Morgan fingerprint density at radius 2 is 2.18 bits per heavy atom. The fourth-order valence-corrected chi connectivity index (χ4v) is 2.72. The summed E-state index contributed by atoms with van der Waals surface area (Å²) in [6, 6.07) is 1.89. The van der Waals surface area contributed by atoms with Gasteiger partial charge in [0.2, 0.25) is 0 Å². The van der Waals surface area contributed by atoms with E-state index in [1.165, 1.54) is 0 Å². The van der Waals surface area contributed by atoms with Gasteiger partial charge in [-0.1, -0.05) is 0 Å². The van der Waals surface area contributed by atoms with Crippen LogP contribution >= 0.6 is 0 Å². The van der Waals surface area contributed by atoms with Crippen molar-refractivity contribution in [2.24, 2.45) is 0 Å². The van der Waals surface area contributed by atoms with Gasteiger partial charge in [-0.3, -0.25) is 9.38 Å². The van der Waals surface area contributed by atoms with Crippen molar-refractivity contribution in [1.29, 1.82) is 0 Å². The molecule has 3 rings (SSSR count). The van der Waals surface area contributed by atoms with Crippen molar-refractivity contribution in [1.82, 2.24) is 19.7 Å². The average Bonchev–Trinajstić information content (AvgIpc) is 3.03. The number of fused-ring (bicyclic) bond motifs is 1. The van der Waals surface area contributed by atoms with E-state index in [1.807, 2.05) is 36.7 Å². The molecule has 0 aliphatic carbocycles. The van der Waals surface area contributed by atoms with Crippen LogP contribution in [0.5, 0.6) is 0 Å². The first kappa shape index (κ1) is 14.7. The number of aryl methyl sites for hydroxylation is 2. The summed E-state index contributed by atoms with van der Waals surface area (Å²) < 4.78 is 7.48. The first-order chi connectivity index (χ1) is 10.5. The fourth-order valence-electron chi connectivity index (χ4n) is 2.72. The van der Waals surface area contributed by atoms with Gasteiger partial charge in [-0.2, -0.15) is 0 Å².